The fraction of sp³-hybridized carbons (Fsp3) is 0.524. The molecule has 0 saturated carbocycles. The molecule has 2 aromatic rings. The van der Waals surface area contributed by atoms with Crippen LogP contribution in [0, 0.1) is 6.92 Å². The zero-order valence-electron chi connectivity index (χ0n) is 18.4. The molecule has 3 amide bonds. The number of nitrogens with zero attached hydrogens (tertiary/aromatic N) is 4. The second kappa shape index (κ2) is 9.69. The molecule has 4 rings (SSSR count). The van der Waals surface area contributed by atoms with E-state index in [0.29, 0.717) is 36.4 Å². The van der Waals surface area contributed by atoms with E-state index in [1.165, 1.54) is 23.2 Å². The predicted octanol–water partition coefficient (Wildman–Crippen LogP) is 1.01. The van der Waals surface area contributed by atoms with E-state index in [9.17, 15) is 19.2 Å². The van der Waals surface area contributed by atoms with Crippen LogP contribution < -0.4 is 5.32 Å². The number of piperidine rings is 1. The van der Waals surface area contributed by atoms with E-state index < -0.39 is 24.0 Å². The van der Waals surface area contributed by atoms with Gasteiger partial charge >= 0.3 is 5.97 Å². The lowest BCUT2D eigenvalue weighted by atomic mass is 9.95. The van der Waals surface area contributed by atoms with Gasteiger partial charge < -0.3 is 24.3 Å². The van der Waals surface area contributed by atoms with Gasteiger partial charge in [0.15, 0.2) is 5.76 Å². The molecular formula is C21H25N5O6S. The Morgan fingerprint density at radius 3 is 2.67 bits per heavy atom. The van der Waals surface area contributed by atoms with E-state index in [0.717, 1.165) is 11.5 Å². The van der Waals surface area contributed by atoms with Crippen molar-refractivity contribution in [1.29, 1.82) is 0 Å². The zero-order chi connectivity index (χ0) is 23.5. The Bertz CT molecular complexity index is 1040. The average Bonchev–Trinajstić information content (AvgIpc) is 3.59. The Kier molecular flexibility index (Phi) is 6.72. The molecule has 2 aliphatic heterocycles. The van der Waals surface area contributed by atoms with Gasteiger partial charge in [-0.2, -0.15) is 0 Å². The number of carbonyl (C=O) groups is 4. The first-order valence-electron chi connectivity index (χ1n) is 10.7. The minimum atomic E-state index is -0.854. The Morgan fingerprint density at radius 1 is 1.18 bits per heavy atom. The van der Waals surface area contributed by atoms with Crippen LogP contribution >= 0.6 is 11.5 Å². The summed E-state index contributed by atoms with van der Waals surface area (Å²) in [5.74, 6) is -1.39. The van der Waals surface area contributed by atoms with Crippen LogP contribution in [0.15, 0.2) is 22.8 Å². The highest BCUT2D eigenvalue weighted by Crippen LogP contribution is 2.27. The summed E-state index contributed by atoms with van der Waals surface area (Å²) in [7, 11) is 1.29. The van der Waals surface area contributed by atoms with E-state index in [4.69, 9.17) is 9.15 Å². The third-order valence-corrected chi connectivity index (χ3v) is 6.91. The molecule has 0 aromatic carbocycles. The molecule has 2 aliphatic rings. The monoisotopic (exact) mass is 475 g/mol. The molecule has 11 nitrogen and oxygen atoms in total. The van der Waals surface area contributed by atoms with Crippen molar-refractivity contribution >= 4 is 35.2 Å². The van der Waals surface area contributed by atoms with Crippen LogP contribution in [0.25, 0.3) is 0 Å². The number of likely N-dealkylation sites (tertiary alicyclic amines) is 2. The lowest BCUT2D eigenvalue weighted by Gasteiger charge is -2.40. The predicted molar refractivity (Wildman–Crippen MR) is 115 cm³/mol. The van der Waals surface area contributed by atoms with Crippen molar-refractivity contribution in [3.05, 3.63) is 34.7 Å². The second-order valence-electron chi connectivity index (χ2n) is 8.09. The number of nitrogens with one attached hydrogen (secondary N) is 1. The lowest BCUT2D eigenvalue weighted by molar-refractivity contribution is -0.153. The molecule has 2 fully saturated rings. The van der Waals surface area contributed by atoms with Crippen molar-refractivity contribution in [1.82, 2.24) is 24.7 Å². The number of rotatable bonds is 5. The van der Waals surface area contributed by atoms with E-state index >= 15 is 0 Å². The number of carbonyl (C=O) groups excluding carboxylic acids is 4. The van der Waals surface area contributed by atoms with Gasteiger partial charge in [0.25, 0.3) is 11.8 Å². The van der Waals surface area contributed by atoms with Crippen LogP contribution in [0.3, 0.4) is 0 Å². The third-order valence-electron chi connectivity index (χ3n) is 6.08. The minimum Gasteiger partial charge on any atom is -0.467 e. The van der Waals surface area contributed by atoms with Crippen LogP contribution in [-0.4, -0.2) is 81.4 Å². The molecule has 0 aliphatic carbocycles. The quantitative estimate of drug-likeness (QED) is 0.633. The fourth-order valence-corrected chi connectivity index (χ4v) is 4.97. The SMILES string of the molecule is COC(=O)C1CCCN1C(=O)C1CC(NC(=O)c2snnc2C)CCN1C(=O)c1ccco1. The lowest BCUT2D eigenvalue weighted by Crippen LogP contribution is -2.59. The van der Waals surface area contributed by atoms with Gasteiger partial charge in [0, 0.05) is 19.1 Å². The fourth-order valence-electron chi connectivity index (χ4n) is 4.41. The molecule has 3 unspecified atom stereocenters. The molecule has 0 bridgehead atoms. The zero-order valence-corrected chi connectivity index (χ0v) is 19.2. The van der Waals surface area contributed by atoms with Crippen LogP contribution in [0.5, 0.6) is 0 Å². The van der Waals surface area contributed by atoms with Gasteiger partial charge in [0.05, 0.1) is 19.1 Å². The van der Waals surface area contributed by atoms with Crippen molar-refractivity contribution in [2.75, 3.05) is 20.2 Å². The van der Waals surface area contributed by atoms with E-state index in [1.807, 2.05) is 0 Å². The number of furan rings is 1. The van der Waals surface area contributed by atoms with Gasteiger partial charge in [0.2, 0.25) is 5.91 Å². The minimum absolute atomic E-state index is 0.132. The number of methoxy groups -OCH3 is 1. The van der Waals surface area contributed by atoms with Crippen molar-refractivity contribution in [3.63, 3.8) is 0 Å². The van der Waals surface area contributed by atoms with E-state index in [2.05, 4.69) is 14.9 Å². The Hall–Kier alpha value is -3.28. The van der Waals surface area contributed by atoms with Crippen molar-refractivity contribution in [2.45, 2.75) is 50.7 Å². The van der Waals surface area contributed by atoms with E-state index in [1.54, 1.807) is 19.1 Å². The van der Waals surface area contributed by atoms with Gasteiger partial charge in [-0.05, 0) is 56.3 Å². The molecule has 0 radical (unpaired) electrons. The van der Waals surface area contributed by atoms with Gasteiger partial charge in [-0.3, -0.25) is 14.4 Å². The van der Waals surface area contributed by atoms with Crippen LogP contribution in [0.1, 0.15) is 51.6 Å². The van der Waals surface area contributed by atoms with Gasteiger partial charge in [-0.15, -0.1) is 5.10 Å². The van der Waals surface area contributed by atoms with Gasteiger partial charge in [-0.1, -0.05) is 4.49 Å². The summed E-state index contributed by atoms with van der Waals surface area (Å²) >= 11 is 1.01. The number of amides is 3. The molecular weight excluding hydrogens is 450 g/mol. The highest BCUT2D eigenvalue weighted by Gasteiger charge is 2.44. The Morgan fingerprint density at radius 2 is 2.00 bits per heavy atom. The summed E-state index contributed by atoms with van der Waals surface area (Å²) in [6.45, 7) is 2.36. The summed E-state index contributed by atoms with van der Waals surface area (Å²) in [5, 5.41) is 6.81. The molecule has 3 atom stereocenters. The van der Waals surface area contributed by atoms with Gasteiger partial charge in [0.1, 0.15) is 17.0 Å². The molecule has 2 saturated heterocycles. The first kappa shape index (κ1) is 22.9. The van der Waals surface area contributed by atoms with E-state index in [-0.39, 0.29) is 36.6 Å². The summed E-state index contributed by atoms with van der Waals surface area (Å²) in [6.07, 6.45) is 3.26. The number of hydrogen-bond acceptors (Lipinski definition) is 9. The van der Waals surface area contributed by atoms with Crippen LogP contribution in [-0.2, 0) is 14.3 Å². The molecule has 12 heteroatoms. The highest BCUT2D eigenvalue weighted by atomic mass is 32.1. The smallest absolute Gasteiger partial charge is 0.328 e. The number of aryl methyl sites for hydroxylation is 1. The van der Waals surface area contributed by atoms with Crippen LogP contribution in [0.4, 0.5) is 0 Å². The normalized spacial score (nSPS) is 22.8. The molecule has 4 heterocycles. The van der Waals surface area contributed by atoms with Crippen LogP contribution in [0.2, 0.25) is 0 Å². The Labute approximate surface area is 194 Å². The Balaban J connectivity index is 1.55. The number of ether oxygens (including phenoxy) is 1. The number of aromatic nitrogens is 2. The van der Waals surface area contributed by atoms with Crippen molar-refractivity contribution < 1.29 is 28.3 Å². The third kappa shape index (κ3) is 4.61. The largest absolute Gasteiger partial charge is 0.467 e. The summed E-state index contributed by atoms with van der Waals surface area (Å²) < 4.78 is 13.9. The average molecular weight is 476 g/mol. The maximum absolute atomic E-state index is 13.6. The van der Waals surface area contributed by atoms with Crippen molar-refractivity contribution in [2.24, 2.45) is 0 Å². The van der Waals surface area contributed by atoms with Crippen molar-refractivity contribution in [3.8, 4) is 0 Å². The molecule has 33 heavy (non-hydrogen) atoms. The summed E-state index contributed by atoms with van der Waals surface area (Å²) in [5.41, 5.74) is 0.536. The second-order valence-corrected chi connectivity index (χ2v) is 8.84. The summed E-state index contributed by atoms with van der Waals surface area (Å²) in [6, 6.07) is 1.28. The molecule has 0 spiro atoms. The summed E-state index contributed by atoms with van der Waals surface area (Å²) in [4.78, 5) is 54.9. The molecule has 176 valence electrons. The first-order valence-corrected chi connectivity index (χ1v) is 11.5. The molecule has 2 aromatic heterocycles. The standard InChI is InChI=1S/C21H25N5O6S/c1-12-17(33-24-23-12)18(27)22-13-7-9-26(20(29)16-6-4-10-32-16)15(11-13)19(28)25-8-3-5-14(25)21(30)31-2/h4,6,10,13-15H,3,5,7-9,11H2,1-2H3,(H,22,27). The maximum atomic E-state index is 13.6. The highest BCUT2D eigenvalue weighted by molar-refractivity contribution is 7.08. The number of hydrogen-bond donors (Lipinski definition) is 1. The number of esters is 1. The maximum Gasteiger partial charge on any atom is 0.328 e. The van der Waals surface area contributed by atoms with Gasteiger partial charge in [-0.25, -0.2) is 4.79 Å². The first-order chi connectivity index (χ1) is 15.9. The topological polar surface area (TPSA) is 135 Å². The molecule has 1 N–H and O–H groups in total.